The lowest BCUT2D eigenvalue weighted by molar-refractivity contribution is -0.127. The second kappa shape index (κ2) is 10.5. The van der Waals surface area contributed by atoms with E-state index in [2.05, 4.69) is 10.6 Å². The molecule has 2 atom stereocenters. The lowest BCUT2D eigenvalue weighted by Gasteiger charge is -2.17. The summed E-state index contributed by atoms with van der Waals surface area (Å²) in [6.45, 7) is 1.64. The molecule has 0 aliphatic heterocycles. The van der Waals surface area contributed by atoms with Gasteiger partial charge in [-0.05, 0) is 37.5 Å². The molecule has 0 saturated carbocycles. The zero-order chi connectivity index (χ0) is 15.0. The largest absolute Gasteiger partial charge is 0.343 e. The van der Waals surface area contributed by atoms with Gasteiger partial charge in [-0.3, -0.25) is 9.59 Å². The Morgan fingerprint density at radius 2 is 1.86 bits per heavy atom. The van der Waals surface area contributed by atoms with Crippen molar-refractivity contribution in [3.63, 3.8) is 0 Å². The molecule has 0 spiro atoms. The Bertz CT molecular complexity index is 445. The Kier molecular flexibility index (Phi) is 9.86. The molecule has 7 heteroatoms. The monoisotopic (exact) mass is 331 g/mol. The number of benzene rings is 1. The third-order valence-corrected chi connectivity index (χ3v) is 3.41. The number of carbonyl (C=O) groups excluding carboxylic acids is 2. The number of hydrogen-bond donors (Lipinski definition) is 3. The minimum absolute atomic E-state index is 0. The molecule has 0 aliphatic rings. The van der Waals surface area contributed by atoms with E-state index in [4.69, 9.17) is 5.73 Å². The first-order valence-corrected chi connectivity index (χ1v) is 7.84. The van der Waals surface area contributed by atoms with Crippen LogP contribution in [0.4, 0.5) is 5.69 Å². The molecule has 1 aromatic carbocycles. The summed E-state index contributed by atoms with van der Waals surface area (Å²) < 4.78 is 0. The highest BCUT2D eigenvalue weighted by Gasteiger charge is 2.19. The molecule has 4 N–H and O–H groups in total. The van der Waals surface area contributed by atoms with Crippen LogP contribution in [0.3, 0.4) is 0 Å². The van der Waals surface area contributed by atoms with E-state index in [9.17, 15) is 9.59 Å². The predicted octanol–water partition coefficient (Wildman–Crippen LogP) is 1.63. The van der Waals surface area contributed by atoms with Crippen LogP contribution in [0.1, 0.15) is 13.3 Å². The molecule has 0 aromatic heterocycles. The first kappa shape index (κ1) is 19.8. The summed E-state index contributed by atoms with van der Waals surface area (Å²) in [5.41, 5.74) is 6.45. The van der Waals surface area contributed by atoms with Gasteiger partial charge in [-0.2, -0.15) is 11.8 Å². The van der Waals surface area contributed by atoms with E-state index in [1.807, 2.05) is 24.5 Å². The summed E-state index contributed by atoms with van der Waals surface area (Å²) in [5, 5.41) is 5.35. The Balaban J connectivity index is 0.00000400. The highest BCUT2D eigenvalue weighted by atomic mass is 35.5. The van der Waals surface area contributed by atoms with Crippen LogP contribution >= 0.6 is 24.2 Å². The molecule has 1 rings (SSSR count). The van der Waals surface area contributed by atoms with E-state index in [0.717, 1.165) is 5.75 Å². The van der Waals surface area contributed by atoms with Gasteiger partial charge in [-0.1, -0.05) is 18.2 Å². The number of carbonyl (C=O) groups is 2. The molecular formula is C14H22ClN3O2S. The summed E-state index contributed by atoms with van der Waals surface area (Å²) in [6, 6.07) is 7.91. The number of para-hydroxylation sites is 1. The first-order valence-electron chi connectivity index (χ1n) is 6.45. The Hall–Kier alpha value is -1.24. The second-order valence-corrected chi connectivity index (χ2v) is 5.46. The fraction of sp³-hybridized carbons (Fsp3) is 0.429. The Morgan fingerprint density at radius 3 is 2.43 bits per heavy atom. The predicted molar refractivity (Wildman–Crippen MR) is 90.9 cm³/mol. The highest BCUT2D eigenvalue weighted by molar-refractivity contribution is 7.98. The van der Waals surface area contributed by atoms with Crippen molar-refractivity contribution in [3.05, 3.63) is 30.3 Å². The van der Waals surface area contributed by atoms with Crippen molar-refractivity contribution in [1.82, 2.24) is 5.32 Å². The normalized spacial score (nSPS) is 12.7. The number of anilines is 1. The Labute approximate surface area is 135 Å². The summed E-state index contributed by atoms with van der Waals surface area (Å²) in [7, 11) is 0. The van der Waals surface area contributed by atoms with Crippen molar-refractivity contribution in [1.29, 1.82) is 0 Å². The van der Waals surface area contributed by atoms with Crippen LogP contribution in [0.2, 0.25) is 0 Å². The van der Waals surface area contributed by atoms with Gasteiger partial charge in [0.05, 0.1) is 6.04 Å². The molecule has 0 bridgehead atoms. The number of amides is 2. The highest BCUT2D eigenvalue weighted by Crippen LogP contribution is 2.05. The SMILES string of the molecule is CSCC[C@H](N)C(=O)NC(C)C(=O)Nc1ccccc1.Cl. The first-order chi connectivity index (χ1) is 9.54. The second-order valence-electron chi connectivity index (χ2n) is 4.47. The lowest BCUT2D eigenvalue weighted by Crippen LogP contribution is -2.48. The average Bonchev–Trinajstić information content (AvgIpc) is 2.45. The van der Waals surface area contributed by atoms with Crippen molar-refractivity contribution < 1.29 is 9.59 Å². The van der Waals surface area contributed by atoms with Crippen LogP contribution in [0.15, 0.2) is 30.3 Å². The topological polar surface area (TPSA) is 84.2 Å². The fourth-order valence-corrected chi connectivity index (χ4v) is 2.02. The van der Waals surface area contributed by atoms with Gasteiger partial charge in [0.2, 0.25) is 11.8 Å². The number of rotatable bonds is 7. The van der Waals surface area contributed by atoms with Crippen molar-refractivity contribution in [2.24, 2.45) is 5.73 Å². The van der Waals surface area contributed by atoms with Gasteiger partial charge < -0.3 is 16.4 Å². The number of nitrogens with two attached hydrogens (primary N) is 1. The van der Waals surface area contributed by atoms with E-state index < -0.39 is 12.1 Å². The number of hydrogen-bond acceptors (Lipinski definition) is 4. The molecule has 0 radical (unpaired) electrons. The average molecular weight is 332 g/mol. The van der Waals surface area contributed by atoms with Crippen LogP contribution in [0.5, 0.6) is 0 Å². The van der Waals surface area contributed by atoms with Gasteiger partial charge in [0, 0.05) is 5.69 Å². The number of thioether (sulfide) groups is 1. The molecule has 1 unspecified atom stereocenters. The van der Waals surface area contributed by atoms with Crippen molar-refractivity contribution in [3.8, 4) is 0 Å². The molecule has 0 saturated heterocycles. The number of nitrogens with one attached hydrogen (secondary N) is 2. The summed E-state index contributed by atoms with van der Waals surface area (Å²) >= 11 is 1.64. The fourth-order valence-electron chi connectivity index (χ4n) is 1.53. The van der Waals surface area contributed by atoms with Gasteiger partial charge in [0.1, 0.15) is 6.04 Å². The van der Waals surface area contributed by atoms with E-state index in [-0.39, 0.29) is 24.2 Å². The minimum Gasteiger partial charge on any atom is -0.343 e. The third-order valence-electron chi connectivity index (χ3n) is 2.76. The lowest BCUT2D eigenvalue weighted by atomic mass is 10.2. The molecule has 2 amide bonds. The van der Waals surface area contributed by atoms with E-state index in [1.165, 1.54) is 0 Å². The maximum atomic E-state index is 11.9. The van der Waals surface area contributed by atoms with Crippen LogP contribution in [-0.2, 0) is 9.59 Å². The van der Waals surface area contributed by atoms with Crippen molar-refractivity contribution >= 4 is 41.7 Å². The van der Waals surface area contributed by atoms with E-state index in [0.29, 0.717) is 12.1 Å². The van der Waals surface area contributed by atoms with Crippen molar-refractivity contribution in [2.75, 3.05) is 17.3 Å². The van der Waals surface area contributed by atoms with Gasteiger partial charge >= 0.3 is 0 Å². The van der Waals surface area contributed by atoms with E-state index in [1.54, 1.807) is 30.8 Å². The number of halogens is 1. The molecule has 118 valence electrons. The molecule has 1 aromatic rings. The standard InChI is InChI=1S/C14H21N3O2S.ClH/c1-10(16-14(19)12(15)8-9-20-2)13(18)17-11-6-4-3-5-7-11;/h3-7,10,12H,8-9,15H2,1-2H3,(H,16,19)(H,17,18);1H/t10?,12-;/m0./s1. The molecule has 0 aliphatic carbocycles. The summed E-state index contributed by atoms with van der Waals surface area (Å²) in [5.74, 6) is 0.260. The van der Waals surface area contributed by atoms with Crippen LogP contribution in [0.25, 0.3) is 0 Å². The van der Waals surface area contributed by atoms with Crippen LogP contribution in [-0.4, -0.2) is 35.9 Å². The minimum atomic E-state index is -0.622. The molecule has 0 fully saturated rings. The maximum absolute atomic E-state index is 11.9. The molecule has 21 heavy (non-hydrogen) atoms. The van der Waals surface area contributed by atoms with Gasteiger partial charge in [0.25, 0.3) is 0 Å². The molecule has 0 heterocycles. The van der Waals surface area contributed by atoms with E-state index >= 15 is 0 Å². The van der Waals surface area contributed by atoms with Gasteiger partial charge in [-0.25, -0.2) is 0 Å². The quantitative estimate of drug-likeness (QED) is 0.709. The molecular weight excluding hydrogens is 310 g/mol. The van der Waals surface area contributed by atoms with Crippen molar-refractivity contribution in [2.45, 2.75) is 25.4 Å². The smallest absolute Gasteiger partial charge is 0.246 e. The Morgan fingerprint density at radius 1 is 1.24 bits per heavy atom. The maximum Gasteiger partial charge on any atom is 0.246 e. The summed E-state index contributed by atoms with van der Waals surface area (Å²) in [6.07, 6.45) is 2.56. The zero-order valence-electron chi connectivity index (χ0n) is 12.2. The summed E-state index contributed by atoms with van der Waals surface area (Å²) in [4.78, 5) is 23.7. The zero-order valence-corrected chi connectivity index (χ0v) is 13.8. The molecule has 5 nitrogen and oxygen atoms in total. The van der Waals surface area contributed by atoms with Crippen LogP contribution in [0, 0.1) is 0 Å². The van der Waals surface area contributed by atoms with Gasteiger partial charge in [-0.15, -0.1) is 12.4 Å². The third kappa shape index (κ3) is 7.36. The van der Waals surface area contributed by atoms with Crippen LogP contribution < -0.4 is 16.4 Å². The van der Waals surface area contributed by atoms with Gasteiger partial charge in [0.15, 0.2) is 0 Å².